The van der Waals surface area contributed by atoms with Crippen molar-refractivity contribution in [1.82, 2.24) is 4.90 Å². The van der Waals surface area contributed by atoms with Gasteiger partial charge in [0.25, 0.3) is 0 Å². The largest absolute Gasteiger partial charge is 0.399 e. The first-order valence-corrected chi connectivity index (χ1v) is 6.65. The number of benzene rings is 1. The molecule has 1 fully saturated rings. The van der Waals surface area contributed by atoms with E-state index in [-0.39, 0.29) is 5.82 Å². The molecule has 0 saturated carbocycles. The van der Waals surface area contributed by atoms with Crippen molar-refractivity contribution in [2.75, 3.05) is 36.8 Å². The Hall–Kier alpha value is -1.29. The van der Waals surface area contributed by atoms with Gasteiger partial charge in [-0.25, -0.2) is 4.39 Å². The summed E-state index contributed by atoms with van der Waals surface area (Å²) in [6.07, 6.45) is 1.17. The highest BCUT2D eigenvalue weighted by molar-refractivity contribution is 5.56. The zero-order chi connectivity index (χ0) is 13.1. The molecule has 1 saturated heterocycles. The first kappa shape index (κ1) is 13.1. The minimum atomic E-state index is -0.255. The quantitative estimate of drug-likeness (QED) is 0.837. The summed E-state index contributed by atoms with van der Waals surface area (Å²) in [4.78, 5) is 4.69. The number of nitrogen functional groups attached to an aromatic ring is 1. The molecule has 0 amide bonds. The van der Waals surface area contributed by atoms with Crippen LogP contribution in [0.4, 0.5) is 15.8 Å². The molecule has 1 aromatic rings. The van der Waals surface area contributed by atoms with Crippen molar-refractivity contribution in [3.05, 3.63) is 24.0 Å². The standard InChI is InChI=1S/C14H22FN3/c1-3-11(2)17-4-6-18(7-5-17)14-9-12(15)8-13(16)10-14/h8-11H,3-7,16H2,1-2H3. The van der Waals surface area contributed by atoms with Crippen molar-refractivity contribution in [1.29, 1.82) is 0 Å². The number of rotatable bonds is 3. The number of nitrogens with zero attached hydrogens (tertiary/aromatic N) is 2. The molecule has 2 N–H and O–H groups in total. The molecule has 0 aliphatic carbocycles. The molecule has 1 aromatic carbocycles. The lowest BCUT2D eigenvalue weighted by Gasteiger charge is -2.39. The summed E-state index contributed by atoms with van der Waals surface area (Å²) >= 11 is 0. The fourth-order valence-electron chi connectivity index (χ4n) is 2.46. The maximum Gasteiger partial charge on any atom is 0.127 e. The van der Waals surface area contributed by atoms with Gasteiger partial charge < -0.3 is 10.6 Å². The summed E-state index contributed by atoms with van der Waals surface area (Å²) in [5, 5.41) is 0. The van der Waals surface area contributed by atoms with Gasteiger partial charge in [-0.3, -0.25) is 4.90 Å². The topological polar surface area (TPSA) is 32.5 Å². The Kier molecular flexibility index (Phi) is 4.07. The smallest absolute Gasteiger partial charge is 0.127 e. The van der Waals surface area contributed by atoms with Crippen molar-refractivity contribution in [2.45, 2.75) is 26.3 Å². The molecule has 2 rings (SSSR count). The molecule has 1 aliphatic heterocycles. The van der Waals surface area contributed by atoms with E-state index in [1.54, 1.807) is 6.07 Å². The zero-order valence-corrected chi connectivity index (χ0v) is 11.2. The van der Waals surface area contributed by atoms with Crippen molar-refractivity contribution < 1.29 is 4.39 Å². The van der Waals surface area contributed by atoms with Gasteiger partial charge in [-0.1, -0.05) is 6.92 Å². The van der Waals surface area contributed by atoms with Gasteiger partial charge in [0, 0.05) is 43.6 Å². The van der Waals surface area contributed by atoms with Crippen LogP contribution in [-0.4, -0.2) is 37.1 Å². The van der Waals surface area contributed by atoms with Crippen LogP contribution < -0.4 is 10.6 Å². The number of nitrogens with two attached hydrogens (primary N) is 1. The average molecular weight is 251 g/mol. The fraction of sp³-hybridized carbons (Fsp3) is 0.571. The van der Waals surface area contributed by atoms with Crippen LogP contribution in [0, 0.1) is 5.82 Å². The maximum atomic E-state index is 13.3. The lowest BCUT2D eigenvalue weighted by molar-refractivity contribution is 0.193. The predicted molar refractivity (Wildman–Crippen MR) is 74.4 cm³/mol. The van der Waals surface area contributed by atoms with E-state index < -0.39 is 0 Å². The summed E-state index contributed by atoms with van der Waals surface area (Å²) < 4.78 is 13.3. The summed E-state index contributed by atoms with van der Waals surface area (Å²) in [6.45, 7) is 8.41. The molecule has 1 aliphatic rings. The van der Waals surface area contributed by atoms with E-state index in [2.05, 4.69) is 23.6 Å². The van der Waals surface area contributed by atoms with Gasteiger partial charge in [0.1, 0.15) is 5.82 Å². The Balaban J connectivity index is 2.01. The van der Waals surface area contributed by atoms with Crippen LogP contribution >= 0.6 is 0 Å². The minimum absolute atomic E-state index is 0.255. The molecule has 1 atom stereocenters. The number of anilines is 2. The highest BCUT2D eigenvalue weighted by Crippen LogP contribution is 2.22. The molecule has 18 heavy (non-hydrogen) atoms. The molecular formula is C14H22FN3. The van der Waals surface area contributed by atoms with Crippen molar-refractivity contribution in [2.24, 2.45) is 0 Å². The molecule has 1 unspecified atom stereocenters. The molecule has 0 spiro atoms. The second-order valence-electron chi connectivity index (χ2n) is 5.02. The first-order chi connectivity index (χ1) is 8.60. The van der Waals surface area contributed by atoms with Crippen LogP contribution in [-0.2, 0) is 0 Å². The summed E-state index contributed by atoms with van der Waals surface area (Å²) in [6, 6.07) is 5.40. The van der Waals surface area contributed by atoms with Gasteiger partial charge >= 0.3 is 0 Å². The van der Waals surface area contributed by atoms with Crippen LogP contribution in [0.1, 0.15) is 20.3 Å². The zero-order valence-electron chi connectivity index (χ0n) is 11.2. The van der Waals surface area contributed by atoms with Gasteiger partial charge in [-0.2, -0.15) is 0 Å². The number of piperazine rings is 1. The fourth-order valence-corrected chi connectivity index (χ4v) is 2.46. The van der Waals surface area contributed by atoms with Crippen LogP contribution in [0.2, 0.25) is 0 Å². The molecule has 4 heteroatoms. The van der Waals surface area contributed by atoms with E-state index in [0.717, 1.165) is 31.9 Å². The molecule has 100 valence electrons. The lowest BCUT2D eigenvalue weighted by Crippen LogP contribution is -2.49. The minimum Gasteiger partial charge on any atom is -0.399 e. The van der Waals surface area contributed by atoms with Crippen molar-refractivity contribution >= 4 is 11.4 Å². The van der Waals surface area contributed by atoms with Gasteiger partial charge in [-0.05, 0) is 31.5 Å². The third-order valence-electron chi connectivity index (χ3n) is 3.80. The van der Waals surface area contributed by atoms with Gasteiger partial charge in [0.2, 0.25) is 0 Å². The highest BCUT2D eigenvalue weighted by Gasteiger charge is 2.20. The van der Waals surface area contributed by atoms with Crippen LogP contribution in [0.3, 0.4) is 0 Å². The van der Waals surface area contributed by atoms with Crippen molar-refractivity contribution in [3.63, 3.8) is 0 Å². The normalized spacial score (nSPS) is 18.9. The van der Waals surface area contributed by atoms with E-state index in [1.807, 2.05) is 6.07 Å². The van der Waals surface area contributed by atoms with Gasteiger partial charge in [-0.15, -0.1) is 0 Å². The van der Waals surface area contributed by atoms with E-state index in [9.17, 15) is 4.39 Å². The molecule has 0 aromatic heterocycles. The third-order valence-corrected chi connectivity index (χ3v) is 3.80. The third kappa shape index (κ3) is 2.93. The van der Waals surface area contributed by atoms with Crippen molar-refractivity contribution in [3.8, 4) is 0 Å². The Bertz CT molecular complexity index is 380. The van der Waals surface area contributed by atoms with E-state index >= 15 is 0 Å². The number of hydrogen-bond acceptors (Lipinski definition) is 3. The van der Waals surface area contributed by atoms with E-state index in [0.29, 0.717) is 11.7 Å². The SMILES string of the molecule is CCC(C)N1CCN(c2cc(N)cc(F)c2)CC1. The maximum absolute atomic E-state index is 13.3. The predicted octanol–water partition coefficient (Wildman–Crippen LogP) is 2.33. The number of halogens is 1. The molecular weight excluding hydrogens is 229 g/mol. The molecule has 0 bridgehead atoms. The second-order valence-corrected chi connectivity index (χ2v) is 5.02. The van der Waals surface area contributed by atoms with Gasteiger partial charge in [0.05, 0.1) is 0 Å². The average Bonchev–Trinajstić information content (AvgIpc) is 2.37. The van der Waals surface area contributed by atoms with Crippen LogP contribution in [0.25, 0.3) is 0 Å². The second kappa shape index (κ2) is 5.57. The Labute approximate surface area is 108 Å². The monoisotopic (exact) mass is 251 g/mol. The van der Waals surface area contributed by atoms with E-state index in [1.165, 1.54) is 12.5 Å². The van der Waals surface area contributed by atoms with Gasteiger partial charge in [0.15, 0.2) is 0 Å². The lowest BCUT2D eigenvalue weighted by atomic mass is 10.1. The first-order valence-electron chi connectivity index (χ1n) is 6.65. The number of hydrogen-bond donors (Lipinski definition) is 1. The summed E-state index contributed by atoms with van der Waals surface area (Å²) in [5.74, 6) is -0.255. The highest BCUT2D eigenvalue weighted by atomic mass is 19.1. The molecule has 1 heterocycles. The Morgan fingerprint density at radius 2 is 1.89 bits per heavy atom. The summed E-state index contributed by atoms with van der Waals surface area (Å²) in [7, 11) is 0. The molecule has 0 radical (unpaired) electrons. The van der Waals surface area contributed by atoms with E-state index in [4.69, 9.17) is 5.73 Å². The molecule has 3 nitrogen and oxygen atoms in total. The Morgan fingerprint density at radius 1 is 1.22 bits per heavy atom. The summed E-state index contributed by atoms with van der Waals surface area (Å²) in [5.41, 5.74) is 7.08. The van der Waals surface area contributed by atoms with Crippen LogP contribution in [0.5, 0.6) is 0 Å². The van der Waals surface area contributed by atoms with Crippen LogP contribution in [0.15, 0.2) is 18.2 Å². The Morgan fingerprint density at radius 3 is 2.44 bits per heavy atom.